The predicted molar refractivity (Wildman–Crippen MR) is 74.1 cm³/mol. The summed E-state index contributed by atoms with van der Waals surface area (Å²) in [5.41, 5.74) is 2.63. The lowest BCUT2D eigenvalue weighted by Crippen LogP contribution is -2.56. The van der Waals surface area contributed by atoms with Crippen LogP contribution < -0.4 is 0 Å². The zero-order valence-electron chi connectivity index (χ0n) is 11.2. The molecule has 4 aliphatic heterocycles. The number of likely N-dealkylation sites (N-methyl/N-ethyl adjacent to an activating group) is 1. The van der Waals surface area contributed by atoms with Crippen LogP contribution in [0.3, 0.4) is 0 Å². The van der Waals surface area contributed by atoms with E-state index in [9.17, 15) is 5.11 Å². The van der Waals surface area contributed by atoms with Gasteiger partial charge in [-0.05, 0) is 43.6 Å². The number of piperidine rings is 3. The maximum atomic E-state index is 9.45. The van der Waals surface area contributed by atoms with E-state index in [1.807, 2.05) is 12.1 Å². The fourth-order valence-electron chi connectivity index (χ4n) is 3.92. The highest BCUT2D eigenvalue weighted by atomic mass is 16.3. The number of hydrogen-bond acceptors (Lipinski definition) is 4. The van der Waals surface area contributed by atoms with Crippen molar-refractivity contribution in [1.29, 1.82) is 0 Å². The Balaban J connectivity index is 1.72. The van der Waals surface area contributed by atoms with Gasteiger partial charge in [-0.2, -0.15) is 5.10 Å². The van der Waals surface area contributed by atoms with E-state index in [0.29, 0.717) is 23.8 Å². The van der Waals surface area contributed by atoms with Crippen molar-refractivity contribution in [2.24, 2.45) is 11.0 Å². The van der Waals surface area contributed by atoms with Crippen molar-refractivity contribution in [3.63, 3.8) is 0 Å². The normalized spacial score (nSPS) is 36.3. The Morgan fingerprint density at radius 1 is 1.11 bits per heavy atom. The lowest BCUT2D eigenvalue weighted by Gasteiger charge is -2.46. The first kappa shape index (κ1) is 11.3. The van der Waals surface area contributed by atoms with Gasteiger partial charge in [0.1, 0.15) is 5.75 Å². The maximum absolute atomic E-state index is 9.45. The van der Waals surface area contributed by atoms with Gasteiger partial charge < -0.3 is 5.11 Å². The van der Waals surface area contributed by atoms with Crippen LogP contribution in [0, 0.1) is 5.92 Å². The summed E-state index contributed by atoms with van der Waals surface area (Å²) in [6.45, 7) is 2.41. The number of benzene rings is 1. The number of hydrogen-bond donors (Lipinski definition) is 1. The zero-order chi connectivity index (χ0) is 13.0. The molecule has 4 heteroatoms. The van der Waals surface area contributed by atoms with Crippen molar-refractivity contribution in [3.05, 3.63) is 29.8 Å². The van der Waals surface area contributed by atoms with Gasteiger partial charge in [0.2, 0.25) is 0 Å². The number of nitrogens with zero attached hydrogens (tertiary/aromatic N) is 3. The van der Waals surface area contributed by atoms with Gasteiger partial charge >= 0.3 is 0 Å². The largest absolute Gasteiger partial charge is 0.508 e. The van der Waals surface area contributed by atoms with E-state index in [4.69, 9.17) is 5.10 Å². The molecule has 0 saturated carbocycles. The Bertz CT molecular complexity index is 517. The van der Waals surface area contributed by atoms with Gasteiger partial charge in [-0.1, -0.05) is 12.1 Å². The Kier molecular flexibility index (Phi) is 2.36. The second-order valence-corrected chi connectivity index (χ2v) is 5.89. The summed E-state index contributed by atoms with van der Waals surface area (Å²) < 4.78 is 0. The van der Waals surface area contributed by atoms with Crippen molar-refractivity contribution in [3.8, 4) is 5.75 Å². The van der Waals surface area contributed by atoms with Gasteiger partial charge in [0, 0.05) is 13.0 Å². The number of fused-ring (bicyclic) bond motifs is 2. The molecule has 19 heavy (non-hydrogen) atoms. The first-order valence-corrected chi connectivity index (χ1v) is 7.08. The van der Waals surface area contributed by atoms with Crippen molar-refractivity contribution in [2.45, 2.75) is 24.9 Å². The fraction of sp³-hybridized carbons (Fsp3) is 0.533. The second kappa shape index (κ2) is 3.97. The van der Waals surface area contributed by atoms with E-state index in [1.165, 1.54) is 37.2 Å². The van der Waals surface area contributed by atoms with Crippen molar-refractivity contribution in [1.82, 2.24) is 9.91 Å². The number of phenols is 1. The summed E-state index contributed by atoms with van der Waals surface area (Å²) in [7, 11) is 2.07. The molecular weight excluding hydrogens is 238 g/mol. The summed E-state index contributed by atoms with van der Waals surface area (Å²) in [6.07, 6.45) is 2.54. The van der Waals surface area contributed by atoms with E-state index in [0.717, 1.165) is 0 Å². The molecule has 4 heterocycles. The third-order valence-corrected chi connectivity index (χ3v) is 4.85. The molecule has 4 aliphatic rings. The Morgan fingerprint density at radius 3 is 2.47 bits per heavy atom. The molecule has 0 aromatic heterocycles. The molecule has 4 nitrogen and oxygen atoms in total. The molecule has 1 aromatic rings. The smallest absolute Gasteiger partial charge is 0.115 e. The quantitative estimate of drug-likeness (QED) is 0.834. The standard InChI is InChI=1S/C15H19N3O/c1-17-14(11-2-4-12(19)5-3-11)15-13(16-17)10-6-8-18(15)9-7-10/h2-5,10,14-15,19H,6-9H2,1H3. The van der Waals surface area contributed by atoms with Crippen molar-refractivity contribution >= 4 is 5.71 Å². The first-order chi connectivity index (χ1) is 9.24. The third kappa shape index (κ3) is 1.59. The maximum Gasteiger partial charge on any atom is 0.115 e. The number of aromatic hydroxyl groups is 1. The molecule has 0 radical (unpaired) electrons. The van der Waals surface area contributed by atoms with Crippen LogP contribution >= 0.6 is 0 Å². The Labute approximate surface area is 113 Å². The molecule has 100 valence electrons. The van der Waals surface area contributed by atoms with Gasteiger partial charge in [-0.15, -0.1) is 0 Å². The summed E-state index contributed by atoms with van der Waals surface area (Å²) in [5, 5.41) is 16.4. The van der Waals surface area contributed by atoms with Crippen LogP contribution in [0.15, 0.2) is 29.4 Å². The van der Waals surface area contributed by atoms with Crippen LogP contribution in [0.25, 0.3) is 0 Å². The highest BCUT2D eigenvalue weighted by Gasteiger charge is 2.48. The molecule has 0 aliphatic carbocycles. The average Bonchev–Trinajstić information content (AvgIpc) is 2.80. The highest BCUT2D eigenvalue weighted by Crippen LogP contribution is 2.42. The van der Waals surface area contributed by atoms with E-state index < -0.39 is 0 Å². The fourth-order valence-corrected chi connectivity index (χ4v) is 3.92. The van der Waals surface area contributed by atoms with Crippen molar-refractivity contribution < 1.29 is 5.11 Å². The molecule has 0 spiro atoms. The summed E-state index contributed by atoms with van der Waals surface area (Å²) in [5.74, 6) is 1.02. The van der Waals surface area contributed by atoms with Gasteiger partial charge in [0.25, 0.3) is 0 Å². The molecule has 3 fully saturated rings. The monoisotopic (exact) mass is 257 g/mol. The molecule has 2 atom stereocenters. The SMILES string of the molecule is CN1N=C2C3CCN(CC3)C2C1c1ccc(O)cc1. The second-order valence-electron chi connectivity index (χ2n) is 5.89. The lowest BCUT2D eigenvalue weighted by molar-refractivity contribution is 0.107. The van der Waals surface area contributed by atoms with E-state index in [2.05, 4.69) is 17.0 Å². The van der Waals surface area contributed by atoms with Crippen LogP contribution in [0.2, 0.25) is 0 Å². The summed E-state index contributed by atoms with van der Waals surface area (Å²) in [6, 6.07) is 8.35. The Morgan fingerprint density at radius 2 is 1.79 bits per heavy atom. The third-order valence-electron chi connectivity index (χ3n) is 4.85. The first-order valence-electron chi connectivity index (χ1n) is 7.08. The van der Waals surface area contributed by atoms with Gasteiger partial charge in [0.05, 0.1) is 17.8 Å². The van der Waals surface area contributed by atoms with Crippen LogP contribution in [0.1, 0.15) is 24.4 Å². The minimum Gasteiger partial charge on any atom is -0.508 e. The van der Waals surface area contributed by atoms with Crippen molar-refractivity contribution in [2.75, 3.05) is 20.1 Å². The zero-order valence-corrected chi connectivity index (χ0v) is 11.2. The molecule has 2 unspecified atom stereocenters. The molecule has 3 saturated heterocycles. The lowest BCUT2D eigenvalue weighted by atomic mass is 9.78. The number of hydrazone groups is 1. The van der Waals surface area contributed by atoms with Crippen LogP contribution in [-0.2, 0) is 0 Å². The van der Waals surface area contributed by atoms with Crippen LogP contribution in [0.4, 0.5) is 0 Å². The molecule has 2 bridgehead atoms. The highest BCUT2D eigenvalue weighted by molar-refractivity contribution is 5.95. The molecule has 5 rings (SSSR count). The van der Waals surface area contributed by atoms with Crippen LogP contribution in [-0.4, -0.2) is 46.9 Å². The van der Waals surface area contributed by atoms with E-state index >= 15 is 0 Å². The predicted octanol–water partition coefficient (Wildman–Crippen LogP) is 1.83. The average molecular weight is 257 g/mol. The van der Waals surface area contributed by atoms with Gasteiger partial charge in [0.15, 0.2) is 0 Å². The molecule has 1 N–H and O–H groups in total. The van der Waals surface area contributed by atoms with Gasteiger partial charge in [-0.25, -0.2) is 0 Å². The topological polar surface area (TPSA) is 39.1 Å². The minimum absolute atomic E-state index is 0.304. The molecule has 1 aromatic carbocycles. The minimum atomic E-state index is 0.304. The number of rotatable bonds is 1. The molecular formula is C15H19N3O. The van der Waals surface area contributed by atoms with E-state index in [-0.39, 0.29) is 0 Å². The summed E-state index contributed by atoms with van der Waals surface area (Å²) >= 11 is 0. The van der Waals surface area contributed by atoms with E-state index in [1.54, 1.807) is 12.1 Å². The van der Waals surface area contributed by atoms with Crippen LogP contribution in [0.5, 0.6) is 5.75 Å². The number of phenolic OH excluding ortho intramolecular Hbond substituents is 1. The Hall–Kier alpha value is -1.55. The van der Waals surface area contributed by atoms with Gasteiger partial charge in [-0.3, -0.25) is 9.91 Å². The molecule has 0 amide bonds. The summed E-state index contributed by atoms with van der Waals surface area (Å²) in [4.78, 5) is 2.58.